The van der Waals surface area contributed by atoms with Crippen molar-refractivity contribution >= 4 is 24.2 Å². The minimum atomic E-state index is 0. The second-order valence-electron chi connectivity index (χ2n) is 7.87. The first-order chi connectivity index (χ1) is 11.7. The van der Waals surface area contributed by atoms with Crippen molar-refractivity contribution in [2.45, 2.75) is 57.8 Å². The van der Waals surface area contributed by atoms with Crippen molar-refractivity contribution in [3.8, 4) is 0 Å². The summed E-state index contributed by atoms with van der Waals surface area (Å²) in [6.45, 7) is 5.24. The van der Waals surface area contributed by atoms with E-state index in [1.807, 2.05) is 9.80 Å². The van der Waals surface area contributed by atoms with Gasteiger partial charge in [0.2, 0.25) is 11.8 Å². The highest BCUT2D eigenvalue weighted by molar-refractivity contribution is 5.85. The first kappa shape index (κ1) is 20.5. The fourth-order valence-electron chi connectivity index (χ4n) is 4.45. The summed E-state index contributed by atoms with van der Waals surface area (Å²) < 4.78 is 0. The van der Waals surface area contributed by atoms with Crippen molar-refractivity contribution in [1.82, 2.24) is 15.1 Å². The fraction of sp³-hybridized carbons (Fsp3) is 0.895. The molecule has 2 heterocycles. The van der Waals surface area contributed by atoms with E-state index >= 15 is 0 Å². The molecule has 0 bridgehead atoms. The van der Waals surface area contributed by atoms with Gasteiger partial charge < -0.3 is 15.1 Å². The van der Waals surface area contributed by atoms with Gasteiger partial charge in [0, 0.05) is 39.0 Å². The SMILES string of the molecule is Cl.O=C(CCC1CCNC1)N1CCCN(C(=O)CC2CCCC2)CC1. The molecule has 144 valence electrons. The van der Waals surface area contributed by atoms with Crippen LogP contribution in [0.1, 0.15) is 57.8 Å². The predicted molar refractivity (Wildman–Crippen MR) is 102 cm³/mol. The van der Waals surface area contributed by atoms with Crippen LogP contribution in [0.2, 0.25) is 0 Å². The number of halogens is 1. The predicted octanol–water partition coefficient (Wildman–Crippen LogP) is 2.44. The van der Waals surface area contributed by atoms with Crippen molar-refractivity contribution in [3.63, 3.8) is 0 Å². The molecular weight excluding hydrogens is 338 g/mol. The van der Waals surface area contributed by atoms with Crippen LogP contribution in [0.3, 0.4) is 0 Å². The zero-order chi connectivity index (χ0) is 16.8. The maximum absolute atomic E-state index is 12.5. The first-order valence-corrected chi connectivity index (χ1v) is 9.98. The molecule has 1 atom stereocenters. The van der Waals surface area contributed by atoms with Gasteiger partial charge in [-0.05, 0) is 57.0 Å². The lowest BCUT2D eigenvalue weighted by Crippen LogP contribution is -2.37. The van der Waals surface area contributed by atoms with E-state index in [1.54, 1.807) is 0 Å². The number of nitrogens with zero attached hydrogens (tertiary/aromatic N) is 2. The fourth-order valence-corrected chi connectivity index (χ4v) is 4.45. The summed E-state index contributed by atoms with van der Waals surface area (Å²) in [4.78, 5) is 29.0. The van der Waals surface area contributed by atoms with Crippen LogP contribution in [0.25, 0.3) is 0 Å². The van der Waals surface area contributed by atoms with Gasteiger partial charge in [-0.25, -0.2) is 0 Å². The van der Waals surface area contributed by atoms with Gasteiger partial charge >= 0.3 is 0 Å². The Labute approximate surface area is 158 Å². The molecule has 1 saturated carbocycles. The molecule has 6 heteroatoms. The highest BCUT2D eigenvalue weighted by Gasteiger charge is 2.25. The lowest BCUT2D eigenvalue weighted by Gasteiger charge is -2.23. The maximum Gasteiger partial charge on any atom is 0.222 e. The Morgan fingerprint density at radius 3 is 2.16 bits per heavy atom. The van der Waals surface area contributed by atoms with Gasteiger partial charge in [0.15, 0.2) is 0 Å². The lowest BCUT2D eigenvalue weighted by molar-refractivity contribution is -0.134. The number of hydrogen-bond donors (Lipinski definition) is 1. The van der Waals surface area contributed by atoms with Crippen LogP contribution >= 0.6 is 12.4 Å². The molecular formula is C19H34ClN3O2. The van der Waals surface area contributed by atoms with E-state index in [2.05, 4.69) is 5.32 Å². The third-order valence-corrected chi connectivity index (χ3v) is 6.07. The summed E-state index contributed by atoms with van der Waals surface area (Å²) in [7, 11) is 0. The van der Waals surface area contributed by atoms with Crippen molar-refractivity contribution in [2.75, 3.05) is 39.3 Å². The Bertz CT molecular complexity index is 434. The topological polar surface area (TPSA) is 52.7 Å². The average Bonchev–Trinajstić information content (AvgIpc) is 3.22. The zero-order valence-electron chi connectivity index (χ0n) is 15.4. The average molecular weight is 372 g/mol. The monoisotopic (exact) mass is 371 g/mol. The van der Waals surface area contributed by atoms with Gasteiger partial charge in [-0.1, -0.05) is 12.8 Å². The molecule has 0 aromatic heterocycles. The zero-order valence-corrected chi connectivity index (χ0v) is 16.2. The molecule has 3 aliphatic rings. The smallest absolute Gasteiger partial charge is 0.222 e. The van der Waals surface area contributed by atoms with E-state index < -0.39 is 0 Å². The molecule has 2 saturated heterocycles. The Morgan fingerprint density at radius 2 is 1.52 bits per heavy atom. The minimum absolute atomic E-state index is 0. The lowest BCUT2D eigenvalue weighted by atomic mass is 10.0. The van der Waals surface area contributed by atoms with Crippen LogP contribution in [-0.2, 0) is 9.59 Å². The van der Waals surface area contributed by atoms with Gasteiger partial charge in [-0.2, -0.15) is 0 Å². The molecule has 25 heavy (non-hydrogen) atoms. The molecule has 5 nitrogen and oxygen atoms in total. The van der Waals surface area contributed by atoms with Gasteiger partial charge in [-0.15, -0.1) is 12.4 Å². The normalized spacial score (nSPS) is 24.9. The van der Waals surface area contributed by atoms with Crippen LogP contribution in [0.5, 0.6) is 0 Å². The Balaban J connectivity index is 0.00000225. The quantitative estimate of drug-likeness (QED) is 0.807. The van der Waals surface area contributed by atoms with Crippen LogP contribution in [0.15, 0.2) is 0 Å². The van der Waals surface area contributed by atoms with Gasteiger partial charge in [0.1, 0.15) is 0 Å². The molecule has 0 aromatic carbocycles. The number of hydrogen-bond acceptors (Lipinski definition) is 3. The summed E-state index contributed by atoms with van der Waals surface area (Å²) in [5.41, 5.74) is 0. The van der Waals surface area contributed by atoms with Gasteiger partial charge in [-0.3, -0.25) is 9.59 Å². The molecule has 0 radical (unpaired) electrons. The summed E-state index contributed by atoms with van der Waals surface area (Å²) in [5.74, 6) is 1.88. The van der Waals surface area contributed by atoms with Crippen molar-refractivity contribution in [1.29, 1.82) is 0 Å². The van der Waals surface area contributed by atoms with Crippen molar-refractivity contribution < 1.29 is 9.59 Å². The number of carbonyl (C=O) groups is 2. The summed E-state index contributed by atoms with van der Waals surface area (Å²) in [5, 5.41) is 3.36. The second kappa shape index (κ2) is 10.4. The van der Waals surface area contributed by atoms with Crippen molar-refractivity contribution in [3.05, 3.63) is 0 Å². The van der Waals surface area contributed by atoms with Crippen molar-refractivity contribution in [2.24, 2.45) is 11.8 Å². The highest BCUT2D eigenvalue weighted by Crippen LogP contribution is 2.28. The molecule has 2 amide bonds. The third kappa shape index (κ3) is 6.14. The minimum Gasteiger partial charge on any atom is -0.341 e. The number of amides is 2. The largest absolute Gasteiger partial charge is 0.341 e. The molecule has 1 unspecified atom stereocenters. The molecule has 2 aliphatic heterocycles. The van der Waals surface area contributed by atoms with E-state index in [9.17, 15) is 9.59 Å². The Hall–Kier alpha value is -0.810. The van der Waals surface area contributed by atoms with Crippen LogP contribution in [0, 0.1) is 11.8 Å². The summed E-state index contributed by atoms with van der Waals surface area (Å²) in [6.07, 6.45) is 9.55. The van der Waals surface area contributed by atoms with Crippen LogP contribution in [0.4, 0.5) is 0 Å². The van der Waals surface area contributed by atoms with E-state index in [0.29, 0.717) is 24.2 Å². The van der Waals surface area contributed by atoms with E-state index in [0.717, 1.165) is 58.5 Å². The van der Waals surface area contributed by atoms with Crippen LogP contribution < -0.4 is 5.32 Å². The second-order valence-corrected chi connectivity index (χ2v) is 7.87. The standard InChI is InChI=1S/C19H33N3O2.ClH/c23-18(7-6-17-8-9-20-15-17)21-10-3-11-22(13-12-21)19(24)14-16-4-1-2-5-16;/h16-17,20H,1-15H2;1H. The molecule has 1 aliphatic carbocycles. The summed E-state index contributed by atoms with van der Waals surface area (Å²) >= 11 is 0. The maximum atomic E-state index is 12.5. The van der Waals surface area contributed by atoms with Gasteiger partial charge in [0.05, 0.1) is 0 Å². The molecule has 1 N–H and O–H groups in total. The molecule has 3 rings (SSSR count). The number of rotatable bonds is 5. The first-order valence-electron chi connectivity index (χ1n) is 9.98. The Kier molecular flexibility index (Phi) is 8.50. The van der Waals surface area contributed by atoms with E-state index in [-0.39, 0.29) is 18.3 Å². The van der Waals surface area contributed by atoms with Crippen LogP contribution in [-0.4, -0.2) is 60.9 Å². The highest BCUT2D eigenvalue weighted by atomic mass is 35.5. The summed E-state index contributed by atoms with van der Waals surface area (Å²) in [6, 6.07) is 0. The third-order valence-electron chi connectivity index (χ3n) is 6.07. The molecule has 0 aromatic rings. The van der Waals surface area contributed by atoms with Gasteiger partial charge in [0.25, 0.3) is 0 Å². The number of nitrogens with one attached hydrogen (secondary N) is 1. The molecule has 0 spiro atoms. The van der Waals surface area contributed by atoms with E-state index in [4.69, 9.17) is 0 Å². The number of carbonyl (C=O) groups excluding carboxylic acids is 2. The Morgan fingerprint density at radius 1 is 0.840 bits per heavy atom. The van der Waals surface area contributed by atoms with E-state index in [1.165, 1.54) is 32.1 Å². The molecule has 3 fully saturated rings.